The van der Waals surface area contributed by atoms with E-state index in [2.05, 4.69) is 5.32 Å². The molecule has 10 heteroatoms. The van der Waals surface area contributed by atoms with Crippen molar-refractivity contribution in [2.45, 2.75) is 51.6 Å². The fourth-order valence-corrected chi connectivity index (χ4v) is 5.95. The maximum Gasteiger partial charge on any atom is 0.264 e. The molecule has 40 heavy (non-hydrogen) atoms. The van der Waals surface area contributed by atoms with Gasteiger partial charge in [0.1, 0.15) is 12.6 Å². The van der Waals surface area contributed by atoms with E-state index in [1.54, 1.807) is 55.5 Å². The number of sulfonamides is 1. The molecule has 0 aliphatic carbocycles. The molecule has 0 aliphatic rings. The molecule has 0 radical (unpaired) electrons. The Morgan fingerprint density at radius 3 is 2.02 bits per heavy atom. The van der Waals surface area contributed by atoms with Crippen molar-refractivity contribution >= 4 is 50.7 Å². The average molecular weight is 605 g/mol. The first-order chi connectivity index (χ1) is 18.9. The molecular formula is C30H35Cl2N3O4S. The SMILES string of the molecule is CC[C@@H](C(=O)NCC(C)C)N(Cc1ccc(Cl)cc1)C(=O)CN(c1ccccc1C)S(=O)(=O)c1ccc(Cl)cc1. The maximum atomic E-state index is 14.1. The average Bonchev–Trinajstić information content (AvgIpc) is 2.92. The third kappa shape index (κ3) is 7.99. The zero-order valence-electron chi connectivity index (χ0n) is 23.1. The molecule has 2 amide bonds. The topological polar surface area (TPSA) is 86.8 Å². The standard InChI is InChI=1S/C30H35Cl2N3O4S/c1-5-27(30(37)33-18-21(2)3)34(19-23-10-12-24(31)13-11-23)29(36)20-35(28-9-7-6-8-22(28)4)40(38,39)26-16-14-25(32)15-17-26/h6-17,21,27H,5,18-20H2,1-4H3,(H,33,37)/t27-/m0/s1. The summed E-state index contributed by atoms with van der Waals surface area (Å²) < 4.78 is 28.9. The predicted octanol–water partition coefficient (Wildman–Crippen LogP) is 6.08. The van der Waals surface area contributed by atoms with Crippen LogP contribution in [0.1, 0.15) is 38.3 Å². The molecule has 0 saturated heterocycles. The Morgan fingerprint density at radius 2 is 1.48 bits per heavy atom. The van der Waals surface area contributed by atoms with Crippen LogP contribution >= 0.6 is 23.2 Å². The zero-order valence-corrected chi connectivity index (χ0v) is 25.4. The lowest BCUT2D eigenvalue weighted by Crippen LogP contribution is -2.52. The van der Waals surface area contributed by atoms with E-state index in [0.29, 0.717) is 34.3 Å². The van der Waals surface area contributed by atoms with Gasteiger partial charge in [-0.1, -0.05) is 74.3 Å². The van der Waals surface area contributed by atoms with Gasteiger partial charge in [-0.3, -0.25) is 13.9 Å². The number of hydrogen-bond donors (Lipinski definition) is 1. The Morgan fingerprint density at radius 1 is 0.900 bits per heavy atom. The van der Waals surface area contributed by atoms with Gasteiger partial charge in [-0.25, -0.2) is 8.42 Å². The number of hydrogen-bond acceptors (Lipinski definition) is 4. The van der Waals surface area contributed by atoms with E-state index in [-0.39, 0.29) is 23.3 Å². The first-order valence-electron chi connectivity index (χ1n) is 13.1. The van der Waals surface area contributed by atoms with Gasteiger partial charge in [0.2, 0.25) is 11.8 Å². The quantitative estimate of drug-likeness (QED) is 0.272. The highest BCUT2D eigenvalue weighted by Crippen LogP contribution is 2.28. The molecule has 0 spiro atoms. The second-order valence-electron chi connectivity index (χ2n) is 9.96. The number of benzene rings is 3. The summed E-state index contributed by atoms with van der Waals surface area (Å²) in [5, 5.41) is 3.86. The summed E-state index contributed by atoms with van der Waals surface area (Å²) in [6, 6.07) is 18.9. The molecule has 3 rings (SSSR count). The van der Waals surface area contributed by atoms with Crippen molar-refractivity contribution in [3.8, 4) is 0 Å². The third-order valence-corrected chi connectivity index (χ3v) is 8.68. The Labute approximate surface area is 247 Å². The highest BCUT2D eigenvalue weighted by molar-refractivity contribution is 7.92. The van der Waals surface area contributed by atoms with Gasteiger partial charge in [0, 0.05) is 23.1 Å². The Kier molecular flexibility index (Phi) is 11.0. The van der Waals surface area contributed by atoms with Crippen LogP contribution in [-0.2, 0) is 26.2 Å². The number of carbonyl (C=O) groups is 2. The van der Waals surface area contributed by atoms with Crippen molar-refractivity contribution in [3.05, 3.63) is 94.0 Å². The Balaban J connectivity index is 2.05. The molecule has 3 aromatic carbocycles. The minimum Gasteiger partial charge on any atom is -0.354 e. The van der Waals surface area contributed by atoms with Gasteiger partial charge in [-0.05, 0) is 72.9 Å². The predicted molar refractivity (Wildman–Crippen MR) is 161 cm³/mol. The number of halogens is 2. The van der Waals surface area contributed by atoms with Crippen LogP contribution in [0.2, 0.25) is 10.0 Å². The van der Waals surface area contributed by atoms with Gasteiger partial charge in [0.25, 0.3) is 10.0 Å². The Bertz CT molecular complexity index is 1410. The number of aryl methyl sites for hydroxylation is 1. The molecule has 0 aromatic heterocycles. The number of carbonyl (C=O) groups excluding carboxylic acids is 2. The van der Waals surface area contributed by atoms with Gasteiger partial charge < -0.3 is 10.2 Å². The molecule has 0 aliphatic heterocycles. The molecule has 0 heterocycles. The number of amides is 2. The first-order valence-corrected chi connectivity index (χ1v) is 15.3. The largest absolute Gasteiger partial charge is 0.354 e. The minimum absolute atomic E-state index is 0.000998. The fourth-order valence-electron chi connectivity index (χ4n) is 4.22. The van der Waals surface area contributed by atoms with Crippen molar-refractivity contribution in [2.75, 3.05) is 17.4 Å². The van der Waals surface area contributed by atoms with Crippen molar-refractivity contribution in [3.63, 3.8) is 0 Å². The lowest BCUT2D eigenvalue weighted by atomic mass is 10.1. The van der Waals surface area contributed by atoms with Crippen LogP contribution < -0.4 is 9.62 Å². The van der Waals surface area contributed by atoms with Crippen molar-refractivity contribution in [1.82, 2.24) is 10.2 Å². The molecule has 7 nitrogen and oxygen atoms in total. The molecule has 1 atom stereocenters. The Hall–Kier alpha value is -3.07. The summed E-state index contributed by atoms with van der Waals surface area (Å²) in [6.45, 7) is 7.64. The van der Waals surface area contributed by atoms with Crippen LogP contribution in [0, 0.1) is 12.8 Å². The molecule has 3 aromatic rings. The van der Waals surface area contributed by atoms with E-state index in [0.717, 1.165) is 9.87 Å². The van der Waals surface area contributed by atoms with E-state index in [9.17, 15) is 18.0 Å². The third-order valence-electron chi connectivity index (χ3n) is 6.40. The lowest BCUT2D eigenvalue weighted by molar-refractivity contribution is -0.140. The number of anilines is 1. The summed E-state index contributed by atoms with van der Waals surface area (Å²) >= 11 is 12.1. The normalized spacial score (nSPS) is 12.2. The molecule has 1 N–H and O–H groups in total. The number of nitrogens with zero attached hydrogens (tertiary/aromatic N) is 2. The van der Waals surface area contributed by atoms with Crippen LogP contribution in [0.5, 0.6) is 0 Å². The van der Waals surface area contributed by atoms with E-state index in [1.807, 2.05) is 20.8 Å². The summed E-state index contributed by atoms with van der Waals surface area (Å²) in [6.07, 6.45) is 0.345. The van der Waals surface area contributed by atoms with E-state index >= 15 is 0 Å². The summed E-state index contributed by atoms with van der Waals surface area (Å²) in [5.41, 5.74) is 1.81. The lowest BCUT2D eigenvalue weighted by Gasteiger charge is -2.33. The molecule has 0 fully saturated rings. The number of para-hydroxylation sites is 1. The van der Waals surface area contributed by atoms with Crippen molar-refractivity contribution in [2.24, 2.45) is 5.92 Å². The number of rotatable bonds is 12. The van der Waals surface area contributed by atoms with Crippen molar-refractivity contribution < 1.29 is 18.0 Å². The highest BCUT2D eigenvalue weighted by Gasteiger charge is 2.34. The van der Waals surface area contributed by atoms with Gasteiger partial charge >= 0.3 is 0 Å². The first kappa shape index (κ1) is 31.5. The zero-order chi connectivity index (χ0) is 29.4. The van der Waals surface area contributed by atoms with Crippen LogP contribution in [0.4, 0.5) is 5.69 Å². The van der Waals surface area contributed by atoms with E-state index < -0.39 is 28.5 Å². The molecule has 214 valence electrons. The smallest absolute Gasteiger partial charge is 0.264 e. The van der Waals surface area contributed by atoms with Crippen LogP contribution in [0.3, 0.4) is 0 Å². The second-order valence-corrected chi connectivity index (χ2v) is 12.7. The van der Waals surface area contributed by atoms with E-state index in [1.165, 1.54) is 29.2 Å². The second kappa shape index (κ2) is 14.0. The minimum atomic E-state index is -4.17. The summed E-state index contributed by atoms with van der Waals surface area (Å²) in [5.74, 6) is -0.577. The van der Waals surface area contributed by atoms with Gasteiger partial charge in [-0.2, -0.15) is 0 Å². The molecular weight excluding hydrogens is 569 g/mol. The highest BCUT2D eigenvalue weighted by atomic mass is 35.5. The monoisotopic (exact) mass is 603 g/mol. The van der Waals surface area contributed by atoms with Gasteiger partial charge in [0.05, 0.1) is 10.6 Å². The molecule has 0 unspecified atom stereocenters. The molecule has 0 bridgehead atoms. The van der Waals surface area contributed by atoms with E-state index in [4.69, 9.17) is 23.2 Å². The summed E-state index contributed by atoms with van der Waals surface area (Å²) in [4.78, 5) is 28.8. The van der Waals surface area contributed by atoms with Gasteiger partial charge in [0.15, 0.2) is 0 Å². The summed E-state index contributed by atoms with van der Waals surface area (Å²) in [7, 11) is -4.17. The fraction of sp³-hybridized carbons (Fsp3) is 0.333. The number of nitrogens with one attached hydrogen (secondary N) is 1. The van der Waals surface area contributed by atoms with Crippen LogP contribution in [0.15, 0.2) is 77.7 Å². The maximum absolute atomic E-state index is 14.1. The van der Waals surface area contributed by atoms with Crippen LogP contribution in [0.25, 0.3) is 0 Å². The van der Waals surface area contributed by atoms with Crippen LogP contribution in [-0.4, -0.2) is 44.3 Å². The molecule has 0 saturated carbocycles. The van der Waals surface area contributed by atoms with Crippen molar-refractivity contribution in [1.29, 1.82) is 0 Å². The van der Waals surface area contributed by atoms with Gasteiger partial charge in [-0.15, -0.1) is 0 Å².